The lowest BCUT2D eigenvalue weighted by Crippen LogP contribution is -2.69. The van der Waals surface area contributed by atoms with E-state index in [0.717, 1.165) is 43.8 Å². The molecule has 14 bridgehead atoms. The van der Waals surface area contributed by atoms with Crippen LogP contribution < -0.4 is 0 Å². The van der Waals surface area contributed by atoms with Gasteiger partial charge in [0, 0.05) is 99.5 Å². The molecule has 0 radical (unpaired) electrons. The first kappa shape index (κ1) is 103. The lowest BCUT2D eigenvalue weighted by molar-refractivity contribution is -0.401. The van der Waals surface area contributed by atoms with Crippen molar-refractivity contribution in [2.45, 2.75) is 215 Å². The number of rotatable bonds is 35. The second kappa shape index (κ2) is 44.0. The Morgan fingerprint density at radius 2 is 0.252 bits per heavy atom. The summed E-state index contributed by atoms with van der Waals surface area (Å²) >= 11 is 0. The predicted molar refractivity (Wildman–Crippen MR) is 391 cm³/mol. The van der Waals surface area contributed by atoms with E-state index in [1.165, 1.54) is 99.5 Å². The van der Waals surface area contributed by atoms with Crippen LogP contribution in [0.2, 0.25) is 0 Å². The third-order valence-corrected chi connectivity index (χ3v) is 24.1. The fourth-order valence-electron chi connectivity index (χ4n) is 15.0. The van der Waals surface area contributed by atoms with E-state index >= 15 is 0 Å². The monoisotopic (exact) mass is 1880 g/mol. The van der Waals surface area contributed by atoms with E-state index in [1.807, 2.05) is 0 Å². The average molecular weight is 1880 g/mol. The van der Waals surface area contributed by atoms with Gasteiger partial charge in [0.2, 0.25) is 0 Å². The average Bonchev–Trinajstić information content (AvgIpc) is 0.815. The minimum atomic E-state index is -4.41. The molecule has 0 aromatic carbocycles. The molecule has 21 aliphatic rings. The quantitative estimate of drug-likeness (QED) is 0.0533. The molecule has 700 valence electrons. The zero-order valence-electron chi connectivity index (χ0n) is 69.0. The van der Waals surface area contributed by atoms with Gasteiger partial charge in [-0.15, -0.1) is 0 Å². The maximum Gasteiger partial charge on any atom is 0.264 e. The van der Waals surface area contributed by atoms with Crippen LogP contribution in [0.5, 0.6) is 0 Å². The standard InChI is InChI=1S/C63H112O49S7/c1-78-43-36-29(22-92-113(15,64)65)99-57(50(43)85-8)107-37-30(23-93-114(16,66)67)101-59(52(87-10)44(37)79-2)109-39-32(25-95-116(18,70)71)103-61(54(89-12)46(39)81-4)111-41-34(27-97-118(20,74)75)105-63(56(91-14)48(41)83-6)112-42-35(28-98-119(21,76)77)104-62(55(90-13)49(42)84-7)110-40-33(26-96-117(19,72)73)102-60(53(88-11)47(40)82-5)108-38-31(24-94-115(17,68)69)100-58(106-36)51(86-9)45(38)80-3/h29-63H,22-28H2,1-21H3/t29-,30-,31-,32-,33-,34-,35-,36-,37-,38-,39-,40-,41-,42-,43+,44+,45+,46+,47+,48+,49+,50+,51+,52+,53+,54+,55+,56+,57+,58+,59+,60+,61+,62+,63+/m0/s1. The normalized spacial score (nSPS) is 41.0. The van der Waals surface area contributed by atoms with Crippen LogP contribution in [0.25, 0.3) is 0 Å². The summed E-state index contributed by atoms with van der Waals surface area (Å²) in [5, 5.41) is 0. The fraction of sp³-hybridized carbons (Fsp3) is 1.00. The van der Waals surface area contributed by atoms with E-state index < -0.39 is 332 Å². The molecule has 21 fully saturated rings. The zero-order chi connectivity index (χ0) is 88.4. The highest BCUT2D eigenvalue weighted by Gasteiger charge is 2.63. The van der Waals surface area contributed by atoms with Crippen molar-refractivity contribution in [1.29, 1.82) is 0 Å². The van der Waals surface area contributed by atoms with Crippen LogP contribution in [-0.4, -0.2) is 463 Å². The highest BCUT2D eigenvalue weighted by molar-refractivity contribution is 7.87. The number of hydrogen-bond acceptors (Lipinski definition) is 49. The van der Waals surface area contributed by atoms with Crippen LogP contribution in [0.1, 0.15) is 0 Å². The van der Waals surface area contributed by atoms with Gasteiger partial charge in [-0.2, -0.15) is 58.9 Å². The summed E-state index contributed by atoms with van der Waals surface area (Å²) in [7, 11) is -14.3. The largest absolute Gasteiger partial charge is 0.376 e. The first-order valence-corrected chi connectivity index (χ1v) is 48.9. The Labute approximate surface area is 692 Å². The van der Waals surface area contributed by atoms with Gasteiger partial charge in [-0.05, 0) is 0 Å². The maximum absolute atomic E-state index is 13.1. The summed E-state index contributed by atoms with van der Waals surface area (Å²) in [4.78, 5) is 0. The van der Waals surface area contributed by atoms with Crippen LogP contribution in [-0.2, 0) is 233 Å². The Morgan fingerprint density at radius 3 is 0.328 bits per heavy atom. The SMILES string of the molecule is CO[C@@H]1[C@H]2O[C@H]3O[C@@H](COS(C)(=O)=O)[C@H](O[C@H]4O[C@@H](COS(C)(=O)=O)[C@H](O[C@H]5O[C@@H](COS(C)(=O)=O)[C@H](O[C@H]6O[C@@H](COS(C)(=O)=O)[C@H](O[C@H]7O[C@@H](COS(C)(=O)=O)[C@H](O[C@H]8O[C@@H](COS(C)(=O)=O)[C@H](O[C@@H](O[C@H]2COS(C)(=O)=O)[C@@H]1OC)[C@@H](OC)[C@H]8OC)[C@@H](OC)[C@H]7OC)[C@@H](OC)[C@H]6OC)[C@@H](OC)[C@H]5OC)[C@@H](OC)[C@H]4OC)[C@@H](OC)[C@H]3OC. The molecule has 56 heteroatoms. The van der Waals surface area contributed by atoms with E-state index in [4.69, 9.17) is 162 Å². The summed E-state index contributed by atoms with van der Waals surface area (Å²) in [5.41, 5.74) is 0. The van der Waals surface area contributed by atoms with Crippen LogP contribution in [0, 0.1) is 0 Å². The Hall–Kier alpha value is -1.75. The second-order valence-corrected chi connectivity index (χ2v) is 39.7. The molecule has 35 atom stereocenters. The molecule has 0 amide bonds. The minimum Gasteiger partial charge on any atom is -0.376 e. The third kappa shape index (κ3) is 27.2. The Bertz CT molecular complexity index is 3280. The van der Waals surface area contributed by atoms with Gasteiger partial charge in [0.25, 0.3) is 70.8 Å². The molecule has 0 aromatic rings. The van der Waals surface area contributed by atoms with Gasteiger partial charge >= 0.3 is 0 Å². The molecule has 49 nitrogen and oxygen atoms in total. The summed E-state index contributed by atoms with van der Waals surface area (Å²) < 4.78 is 400. The summed E-state index contributed by atoms with van der Waals surface area (Å²) in [6.07, 6.45) is -53.0. The third-order valence-electron chi connectivity index (χ3n) is 20.1. The van der Waals surface area contributed by atoms with Crippen molar-refractivity contribution in [2.24, 2.45) is 0 Å². The van der Waals surface area contributed by atoms with Gasteiger partial charge < -0.3 is 133 Å². The van der Waals surface area contributed by atoms with Crippen molar-refractivity contribution < 1.29 is 221 Å². The molecule has 21 rings (SSSR count). The van der Waals surface area contributed by atoms with Crippen LogP contribution >= 0.6 is 0 Å². The molecular weight excluding hydrogens is 1770 g/mol. The number of hydrogen-bond donors (Lipinski definition) is 0. The van der Waals surface area contributed by atoms with Crippen molar-refractivity contribution in [3.8, 4) is 0 Å². The smallest absolute Gasteiger partial charge is 0.264 e. The van der Waals surface area contributed by atoms with Crippen molar-refractivity contribution in [3.63, 3.8) is 0 Å². The van der Waals surface area contributed by atoms with E-state index in [2.05, 4.69) is 0 Å². The van der Waals surface area contributed by atoms with Crippen molar-refractivity contribution in [3.05, 3.63) is 0 Å². The van der Waals surface area contributed by atoms with Gasteiger partial charge in [-0.25, -0.2) is 0 Å². The Kier molecular flexibility index (Phi) is 38.0. The molecule has 0 unspecified atom stereocenters. The molecule has 0 aliphatic carbocycles. The highest BCUT2D eigenvalue weighted by Crippen LogP contribution is 2.44. The molecule has 0 aromatic heterocycles. The van der Waals surface area contributed by atoms with Crippen LogP contribution in [0.4, 0.5) is 0 Å². The molecule has 119 heavy (non-hydrogen) atoms. The zero-order valence-corrected chi connectivity index (χ0v) is 74.7. The van der Waals surface area contributed by atoms with E-state index in [0.29, 0.717) is 0 Å². The van der Waals surface area contributed by atoms with E-state index in [-0.39, 0.29) is 0 Å². The van der Waals surface area contributed by atoms with E-state index in [1.54, 1.807) is 0 Å². The van der Waals surface area contributed by atoms with Gasteiger partial charge in [0.05, 0.1) is 90.0 Å². The highest BCUT2D eigenvalue weighted by atomic mass is 32.2. The molecule has 0 spiro atoms. The van der Waals surface area contributed by atoms with Gasteiger partial charge in [-0.1, -0.05) is 0 Å². The molecule has 21 heterocycles. The Balaban J connectivity index is 1.35. The van der Waals surface area contributed by atoms with Crippen LogP contribution in [0.3, 0.4) is 0 Å². The first-order valence-electron chi connectivity index (χ1n) is 36.2. The van der Waals surface area contributed by atoms with Gasteiger partial charge in [0.1, 0.15) is 171 Å². The summed E-state index contributed by atoms with van der Waals surface area (Å²) in [5.74, 6) is 0. The van der Waals surface area contributed by atoms with Crippen molar-refractivity contribution in [2.75, 3.05) is 190 Å². The first-order chi connectivity index (χ1) is 55.7. The van der Waals surface area contributed by atoms with Gasteiger partial charge in [-0.3, -0.25) is 29.3 Å². The fourth-order valence-corrected chi connectivity index (χ4v) is 17.7. The summed E-state index contributed by atoms with van der Waals surface area (Å²) in [6.45, 7) is -6.52. The maximum atomic E-state index is 13.1. The van der Waals surface area contributed by atoms with Gasteiger partial charge in [0.15, 0.2) is 44.0 Å². The number of methoxy groups -OCH3 is 14. The number of ether oxygens (including phenoxy) is 28. The van der Waals surface area contributed by atoms with Crippen LogP contribution in [0.15, 0.2) is 0 Å². The van der Waals surface area contributed by atoms with E-state index in [9.17, 15) is 58.9 Å². The molecule has 21 saturated heterocycles. The lowest BCUT2D eigenvalue weighted by Gasteiger charge is -2.52. The molecule has 0 N–H and O–H groups in total. The predicted octanol–water partition coefficient (Wildman–Crippen LogP) is -6.19. The topological polar surface area (TPSA) is 562 Å². The van der Waals surface area contributed by atoms with Crippen molar-refractivity contribution >= 4 is 70.8 Å². The molecule has 21 aliphatic heterocycles. The summed E-state index contributed by atoms with van der Waals surface area (Å²) in [6, 6.07) is 0. The van der Waals surface area contributed by atoms with Crippen molar-refractivity contribution in [1.82, 2.24) is 0 Å². The minimum absolute atomic E-state index is 0.722. The second-order valence-electron chi connectivity index (χ2n) is 28.2. The molecular formula is C63H112O49S7. The lowest BCUT2D eigenvalue weighted by atomic mass is 9.94. The molecule has 0 saturated carbocycles. The Morgan fingerprint density at radius 1 is 0.160 bits per heavy atom.